The average Bonchev–Trinajstić information content (AvgIpc) is 2.73. The van der Waals surface area contributed by atoms with E-state index in [0.717, 1.165) is 43.3 Å². The van der Waals surface area contributed by atoms with Gasteiger partial charge in [-0.25, -0.2) is 4.98 Å². The maximum absolute atomic E-state index is 12.7. The Morgan fingerprint density at radius 1 is 1.13 bits per heavy atom. The van der Waals surface area contributed by atoms with Crippen molar-refractivity contribution in [3.05, 3.63) is 11.4 Å². The molecule has 1 amide bonds. The number of imidazole rings is 1. The van der Waals surface area contributed by atoms with Crippen LogP contribution in [0.2, 0.25) is 0 Å². The van der Waals surface area contributed by atoms with Crippen LogP contribution in [0.15, 0.2) is 5.16 Å². The fraction of sp³-hybridized carbons (Fsp3) is 0.778. The van der Waals surface area contributed by atoms with E-state index in [-0.39, 0.29) is 11.2 Å². The fourth-order valence-electron chi connectivity index (χ4n) is 3.05. The third-order valence-corrected chi connectivity index (χ3v) is 5.60. The third kappa shape index (κ3) is 4.75. The number of thioether (sulfide) groups is 1. The van der Waals surface area contributed by atoms with Crippen molar-refractivity contribution in [1.82, 2.24) is 14.5 Å². The summed E-state index contributed by atoms with van der Waals surface area (Å²) in [6, 6.07) is 0. The molecule has 0 radical (unpaired) electrons. The van der Waals surface area contributed by atoms with Crippen molar-refractivity contribution in [2.75, 3.05) is 13.1 Å². The van der Waals surface area contributed by atoms with Gasteiger partial charge in [-0.1, -0.05) is 38.5 Å². The van der Waals surface area contributed by atoms with Crippen LogP contribution in [-0.2, 0) is 11.3 Å². The molecular formula is C18H31N3OS. The van der Waals surface area contributed by atoms with Crippen LogP contribution in [0.4, 0.5) is 0 Å². The standard InChI is InChI=1S/C18H31N3OS/c1-13(2)12-21-15(4)14(3)19-18(21)23-16(5)17(22)20-10-8-6-7-9-11-20/h13,16H,6-12H2,1-5H3. The molecule has 1 saturated heterocycles. The second kappa shape index (κ2) is 8.22. The number of carbonyl (C=O) groups is 1. The topological polar surface area (TPSA) is 38.1 Å². The Labute approximate surface area is 145 Å². The van der Waals surface area contributed by atoms with E-state index in [9.17, 15) is 4.79 Å². The number of aryl methyl sites for hydroxylation is 1. The van der Waals surface area contributed by atoms with E-state index < -0.39 is 0 Å². The molecule has 4 nitrogen and oxygen atoms in total. The minimum Gasteiger partial charge on any atom is -0.342 e. The van der Waals surface area contributed by atoms with Crippen molar-refractivity contribution in [2.24, 2.45) is 5.92 Å². The van der Waals surface area contributed by atoms with Gasteiger partial charge in [-0.3, -0.25) is 4.79 Å². The molecule has 0 spiro atoms. The van der Waals surface area contributed by atoms with Crippen LogP contribution in [0.25, 0.3) is 0 Å². The van der Waals surface area contributed by atoms with E-state index in [0.29, 0.717) is 5.92 Å². The van der Waals surface area contributed by atoms with Gasteiger partial charge in [0.1, 0.15) is 0 Å². The summed E-state index contributed by atoms with van der Waals surface area (Å²) in [4.78, 5) is 19.5. The van der Waals surface area contributed by atoms with Gasteiger partial charge in [-0.15, -0.1) is 0 Å². The summed E-state index contributed by atoms with van der Waals surface area (Å²) in [5.41, 5.74) is 2.29. The molecule has 1 aromatic rings. The number of hydrogen-bond acceptors (Lipinski definition) is 3. The summed E-state index contributed by atoms with van der Waals surface area (Å²) in [5.74, 6) is 0.838. The predicted molar refractivity (Wildman–Crippen MR) is 96.9 cm³/mol. The molecule has 1 aliphatic rings. The first-order valence-corrected chi connectivity index (χ1v) is 9.77. The smallest absolute Gasteiger partial charge is 0.235 e. The highest BCUT2D eigenvalue weighted by Gasteiger charge is 2.24. The predicted octanol–water partition coefficient (Wildman–Crippen LogP) is 4.04. The Balaban J connectivity index is 2.08. The summed E-state index contributed by atoms with van der Waals surface area (Å²) in [6.07, 6.45) is 4.79. The number of rotatable bonds is 5. The van der Waals surface area contributed by atoms with Gasteiger partial charge >= 0.3 is 0 Å². The van der Waals surface area contributed by atoms with Crippen molar-refractivity contribution < 1.29 is 4.79 Å². The van der Waals surface area contributed by atoms with Gasteiger partial charge in [-0.05, 0) is 39.5 Å². The maximum atomic E-state index is 12.7. The van der Waals surface area contributed by atoms with Crippen LogP contribution in [0.1, 0.15) is 57.8 Å². The normalized spacial score (nSPS) is 17.4. The second-order valence-electron chi connectivity index (χ2n) is 7.07. The Kier molecular flexibility index (Phi) is 6.57. The molecule has 23 heavy (non-hydrogen) atoms. The molecule has 2 rings (SSSR count). The number of aromatic nitrogens is 2. The third-order valence-electron chi connectivity index (χ3n) is 4.52. The summed E-state index contributed by atoms with van der Waals surface area (Å²) in [7, 11) is 0. The van der Waals surface area contributed by atoms with E-state index in [2.05, 4.69) is 37.2 Å². The monoisotopic (exact) mass is 337 g/mol. The lowest BCUT2D eigenvalue weighted by molar-refractivity contribution is -0.130. The van der Waals surface area contributed by atoms with Crippen molar-refractivity contribution in [3.8, 4) is 0 Å². The van der Waals surface area contributed by atoms with Crippen LogP contribution in [0, 0.1) is 19.8 Å². The lowest BCUT2D eigenvalue weighted by Crippen LogP contribution is -2.37. The highest BCUT2D eigenvalue weighted by molar-refractivity contribution is 8.00. The molecule has 1 aliphatic heterocycles. The van der Waals surface area contributed by atoms with E-state index in [1.807, 2.05) is 6.92 Å². The van der Waals surface area contributed by atoms with E-state index in [1.165, 1.54) is 18.5 Å². The fourth-order valence-corrected chi connectivity index (χ4v) is 4.14. The highest BCUT2D eigenvalue weighted by Crippen LogP contribution is 2.27. The number of amides is 1. The zero-order valence-electron chi connectivity index (χ0n) is 15.3. The number of likely N-dealkylation sites (tertiary alicyclic amines) is 1. The first kappa shape index (κ1) is 18.4. The van der Waals surface area contributed by atoms with Gasteiger partial charge < -0.3 is 9.47 Å². The van der Waals surface area contributed by atoms with E-state index in [4.69, 9.17) is 4.98 Å². The first-order chi connectivity index (χ1) is 10.9. The second-order valence-corrected chi connectivity index (χ2v) is 8.38. The molecule has 1 aromatic heterocycles. The van der Waals surface area contributed by atoms with Gasteiger partial charge in [0.2, 0.25) is 5.91 Å². The Bertz CT molecular complexity index is 531. The van der Waals surface area contributed by atoms with Crippen LogP contribution in [-0.4, -0.2) is 38.7 Å². The first-order valence-electron chi connectivity index (χ1n) is 8.89. The molecule has 0 aromatic carbocycles. The molecule has 1 atom stereocenters. The molecule has 0 N–H and O–H groups in total. The number of carbonyl (C=O) groups excluding carboxylic acids is 1. The number of nitrogens with zero attached hydrogens (tertiary/aromatic N) is 3. The molecule has 130 valence electrons. The molecule has 0 aliphatic carbocycles. The number of hydrogen-bond donors (Lipinski definition) is 0. The van der Waals surface area contributed by atoms with E-state index in [1.54, 1.807) is 11.8 Å². The highest BCUT2D eigenvalue weighted by atomic mass is 32.2. The van der Waals surface area contributed by atoms with Crippen LogP contribution < -0.4 is 0 Å². The molecule has 1 fully saturated rings. The Hall–Kier alpha value is -0.970. The zero-order valence-corrected chi connectivity index (χ0v) is 16.1. The van der Waals surface area contributed by atoms with Crippen molar-refractivity contribution in [2.45, 2.75) is 77.3 Å². The minimum absolute atomic E-state index is 0.0692. The van der Waals surface area contributed by atoms with Gasteiger partial charge in [0.15, 0.2) is 5.16 Å². The van der Waals surface area contributed by atoms with Gasteiger partial charge in [0, 0.05) is 25.3 Å². The summed E-state index contributed by atoms with van der Waals surface area (Å²) in [6.45, 7) is 13.4. The summed E-state index contributed by atoms with van der Waals surface area (Å²) >= 11 is 1.62. The van der Waals surface area contributed by atoms with Crippen molar-refractivity contribution >= 4 is 17.7 Å². The Morgan fingerprint density at radius 3 is 2.30 bits per heavy atom. The SMILES string of the molecule is Cc1nc(SC(C)C(=O)N2CCCCCC2)n(CC(C)C)c1C. The summed E-state index contributed by atoms with van der Waals surface area (Å²) < 4.78 is 2.27. The van der Waals surface area contributed by atoms with Crippen LogP contribution >= 0.6 is 11.8 Å². The molecule has 2 heterocycles. The van der Waals surface area contributed by atoms with Gasteiger partial charge in [0.05, 0.1) is 10.9 Å². The van der Waals surface area contributed by atoms with E-state index >= 15 is 0 Å². The van der Waals surface area contributed by atoms with Crippen LogP contribution in [0.5, 0.6) is 0 Å². The quantitative estimate of drug-likeness (QED) is 0.761. The largest absolute Gasteiger partial charge is 0.342 e. The molecule has 5 heteroatoms. The Morgan fingerprint density at radius 2 is 1.74 bits per heavy atom. The molecule has 1 unspecified atom stereocenters. The van der Waals surface area contributed by atoms with Crippen LogP contribution in [0.3, 0.4) is 0 Å². The summed E-state index contributed by atoms with van der Waals surface area (Å²) in [5, 5.41) is 0.921. The maximum Gasteiger partial charge on any atom is 0.235 e. The lowest BCUT2D eigenvalue weighted by atomic mass is 10.2. The van der Waals surface area contributed by atoms with Gasteiger partial charge in [0.25, 0.3) is 0 Å². The lowest BCUT2D eigenvalue weighted by Gasteiger charge is -2.24. The van der Waals surface area contributed by atoms with Crippen molar-refractivity contribution in [1.29, 1.82) is 0 Å². The average molecular weight is 338 g/mol. The molecular weight excluding hydrogens is 306 g/mol. The van der Waals surface area contributed by atoms with Crippen molar-refractivity contribution in [3.63, 3.8) is 0 Å². The molecule has 0 saturated carbocycles. The van der Waals surface area contributed by atoms with Gasteiger partial charge in [-0.2, -0.15) is 0 Å². The minimum atomic E-state index is -0.0692. The zero-order chi connectivity index (χ0) is 17.0. The molecule has 0 bridgehead atoms.